The van der Waals surface area contributed by atoms with Crippen LogP contribution in [0.25, 0.3) is 0 Å². The predicted molar refractivity (Wildman–Crippen MR) is 48.8 cm³/mol. The molecule has 0 aliphatic rings. The Labute approximate surface area is 69.6 Å². The lowest BCUT2D eigenvalue weighted by molar-refractivity contribution is 0.128. The smallest absolute Gasteiger partial charge is 0.0616 e. The van der Waals surface area contributed by atoms with Gasteiger partial charge in [-0.1, -0.05) is 12.2 Å². The van der Waals surface area contributed by atoms with Crippen LogP contribution in [0.4, 0.5) is 0 Å². The van der Waals surface area contributed by atoms with Crippen molar-refractivity contribution in [3.8, 4) is 0 Å². The fourth-order valence-corrected chi connectivity index (χ4v) is 0.741. The molecule has 0 saturated heterocycles. The third kappa shape index (κ3) is 7.56. The fourth-order valence-electron chi connectivity index (χ4n) is 0.741. The van der Waals surface area contributed by atoms with Crippen molar-refractivity contribution in [1.82, 2.24) is 5.32 Å². The molecule has 0 fully saturated rings. The van der Waals surface area contributed by atoms with E-state index in [1.54, 1.807) is 0 Å². The summed E-state index contributed by atoms with van der Waals surface area (Å²) in [5.41, 5.74) is 0. The molecule has 0 radical (unpaired) electrons. The third-order valence-corrected chi connectivity index (χ3v) is 1.39. The first-order valence-electron chi connectivity index (χ1n) is 4.23. The molecule has 0 aliphatic carbocycles. The topological polar surface area (TPSA) is 21.3 Å². The molecule has 1 atom stereocenters. The lowest BCUT2D eigenvalue weighted by Crippen LogP contribution is -2.30. The van der Waals surface area contributed by atoms with Crippen LogP contribution in [0.5, 0.6) is 0 Å². The van der Waals surface area contributed by atoms with Crippen molar-refractivity contribution in [2.45, 2.75) is 26.8 Å². The molecular formula is C9H19NO. The second-order valence-electron chi connectivity index (χ2n) is 2.54. The van der Waals surface area contributed by atoms with Gasteiger partial charge in [0.15, 0.2) is 0 Å². The quantitative estimate of drug-likeness (QED) is 0.591. The summed E-state index contributed by atoms with van der Waals surface area (Å²) in [7, 11) is 0. The average molecular weight is 157 g/mol. The molecule has 66 valence electrons. The molecule has 0 amide bonds. The summed E-state index contributed by atoms with van der Waals surface area (Å²) in [6.45, 7) is 8.70. The van der Waals surface area contributed by atoms with Crippen LogP contribution in [-0.2, 0) is 4.74 Å². The normalized spacial score (nSPS) is 14.1. The van der Waals surface area contributed by atoms with Crippen molar-refractivity contribution in [2.75, 3.05) is 19.8 Å². The fraction of sp³-hybridized carbons (Fsp3) is 0.778. The van der Waals surface area contributed by atoms with Crippen LogP contribution in [0.15, 0.2) is 12.2 Å². The van der Waals surface area contributed by atoms with E-state index in [0.29, 0.717) is 6.04 Å². The van der Waals surface area contributed by atoms with E-state index in [2.05, 4.69) is 18.3 Å². The standard InChI is InChI=1S/C9H19NO/c1-4-6-7-10-9(3)8-11-5-2/h4,6,9-10H,5,7-8H2,1-3H3/b6-4+. The zero-order valence-electron chi connectivity index (χ0n) is 7.76. The number of allylic oxidation sites excluding steroid dienone is 1. The highest BCUT2D eigenvalue weighted by atomic mass is 16.5. The first-order chi connectivity index (χ1) is 5.31. The Hall–Kier alpha value is -0.340. The first-order valence-corrected chi connectivity index (χ1v) is 4.23. The molecule has 0 rings (SSSR count). The Morgan fingerprint density at radius 3 is 2.82 bits per heavy atom. The summed E-state index contributed by atoms with van der Waals surface area (Å²) < 4.78 is 5.24. The molecule has 0 spiro atoms. The van der Waals surface area contributed by atoms with Gasteiger partial charge in [-0.2, -0.15) is 0 Å². The maximum absolute atomic E-state index is 5.24. The Balaban J connectivity index is 3.15. The Kier molecular flexibility index (Phi) is 7.52. The maximum atomic E-state index is 5.24. The third-order valence-electron chi connectivity index (χ3n) is 1.39. The molecule has 0 heterocycles. The average Bonchev–Trinajstić information content (AvgIpc) is 2.01. The molecule has 0 saturated carbocycles. The molecule has 0 aromatic heterocycles. The Morgan fingerprint density at radius 1 is 1.55 bits per heavy atom. The molecule has 2 nitrogen and oxygen atoms in total. The van der Waals surface area contributed by atoms with Crippen molar-refractivity contribution < 1.29 is 4.74 Å². The molecule has 1 unspecified atom stereocenters. The van der Waals surface area contributed by atoms with E-state index in [0.717, 1.165) is 19.8 Å². The minimum absolute atomic E-state index is 0.450. The van der Waals surface area contributed by atoms with E-state index in [-0.39, 0.29) is 0 Å². The number of nitrogens with one attached hydrogen (secondary N) is 1. The summed E-state index contributed by atoms with van der Waals surface area (Å²) >= 11 is 0. The van der Waals surface area contributed by atoms with Gasteiger partial charge in [-0.25, -0.2) is 0 Å². The number of hydrogen-bond donors (Lipinski definition) is 1. The largest absolute Gasteiger partial charge is 0.380 e. The van der Waals surface area contributed by atoms with E-state index in [1.807, 2.05) is 19.9 Å². The van der Waals surface area contributed by atoms with E-state index < -0.39 is 0 Å². The summed E-state index contributed by atoms with van der Waals surface area (Å²) in [5.74, 6) is 0. The van der Waals surface area contributed by atoms with Gasteiger partial charge < -0.3 is 10.1 Å². The van der Waals surface area contributed by atoms with Crippen molar-refractivity contribution in [3.63, 3.8) is 0 Å². The SMILES string of the molecule is C/C=C/CNC(C)COCC. The lowest BCUT2D eigenvalue weighted by Gasteiger charge is -2.11. The van der Waals surface area contributed by atoms with Gasteiger partial charge in [-0.3, -0.25) is 0 Å². The second-order valence-corrected chi connectivity index (χ2v) is 2.54. The van der Waals surface area contributed by atoms with Crippen molar-refractivity contribution in [3.05, 3.63) is 12.2 Å². The molecule has 0 aliphatic heterocycles. The highest BCUT2D eigenvalue weighted by Crippen LogP contribution is 1.83. The highest BCUT2D eigenvalue weighted by molar-refractivity contribution is 4.80. The van der Waals surface area contributed by atoms with Crippen molar-refractivity contribution in [2.24, 2.45) is 0 Å². The summed E-state index contributed by atoms with van der Waals surface area (Å²) in [6, 6.07) is 0.450. The number of ether oxygens (including phenoxy) is 1. The van der Waals surface area contributed by atoms with Gasteiger partial charge in [0.25, 0.3) is 0 Å². The van der Waals surface area contributed by atoms with Gasteiger partial charge in [0.2, 0.25) is 0 Å². The molecular weight excluding hydrogens is 138 g/mol. The lowest BCUT2D eigenvalue weighted by atomic mass is 10.3. The van der Waals surface area contributed by atoms with Crippen LogP contribution < -0.4 is 5.32 Å². The van der Waals surface area contributed by atoms with E-state index in [1.165, 1.54) is 0 Å². The Bertz CT molecular complexity index is 102. The summed E-state index contributed by atoms with van der Waals surface area (Å²) in [5, 5.41) is 3.31. The van der Waals surface area contributed by atoms with Gasteiger partial charge in [0, 0.05) is 19.2 Å². The monoisotopic (exact) mass is 157 g/mol. The second kappa shape index (κ2) is 7.76. The molecule has 2 heteroatoms. The van der Waals surface area contributed by atoms with Crippen LogP contribution in [-0.4, -0.2) is 25.8 Å². The van der Waals surface area contributed by atoms with Crippen LogP contribution >= 0.6 is 0 Å². The molecule has 1 N–H and O–H groups in total. The van der Waals surface area contributed by atoms with Gasteiger partial charge >= 0.3 is 0 Å². The van der Waals surface area contributed by atoms with E-state index in [9.17, 15) is 0 Å². The summed E-state index contributed by atoms with van der Waals surface area (Å²) in [6.07, 6.45) is 4.14. The van der Waals surface area contributed by atoms with Gasteiger partial charge in [0.1, 0.15) is 0 Å². The minimum Gasteiger partial charge on any atom is -0.380 e. The van der Waals surface area contributed by atoms with E-state index in [4.69, 9.17) is 4.74 Å². The molecule has 0 aromatic carbocycles. The molecule has 0 aromatic rings. The zero-order valence-corrected chi connectivity index (χ0v) is 7.76. The predicted octanol–water partition coefficient (Wildman–Crippen LogP) is 1.58. The number of hydrogen-bond acceptors (Lipinski definition) is 2. The minimum atomic E-state index is 0.450. The van der Waals surface area contributed by atoms with Crippen molar-refractivity contribution >= 4 is 0 Å². The van der Waals surface area contributed by atoms with Gasteiger partial charge in [0.05, 0.1) is 6.61 Å². The van der Waals surface area contributed by atoms with Crippen LogP contribution in [0, 0.1) is 0 Å². The van der Waals surface area contributed by atoms with E-state index >= 15 is 0 Å². The zero-order chi connectivity index (χ0) is 8.53. The van der Waals surface area contributed by atoms with Crippen LogP contribution in [0.2, 0.25) is 0 Å². The molecule has 11 heavy (non-hydrogen) atoms. The maximum Gasteiger partial charge on any atom is 0.0616 e. The van der Waals surface area contributed by atoms with Gasteiger partial charge in [-0.15, -0.1) is 0 Å². The summed E-state index contributed by atoms with van der Waals surface area (Å²) in [4.78, 5) is 0. The van der Waals surface area contributed by atoms with Crippen LogP contribution in [0.3, 0.4) is 0 Å². The van der Waals surface area contributed by atoms with Gasteiger partial charge in [-0.05, 0) is 20.8 Å². The first kappa shape index (κ1) is 10.7. The Morgan fingerprint density at radius 2 is 2.27 bits per heavy atom. The number of rotatable bonds is 6. The van der Waals surface area contributed by atoms with Crippen LogP contribution in [0.1, 0.15) is 20.8 Å². The highest BCUT2D eigenvalue weighted by Gasteiger charge is 1.96. The molecule has 0 bridgehead atoms. The van der Waals surface area contributed by atoms with Crippen molar-refractivity contribution in [1.29, 1.82) is 0 Å².